The predicted octanol–water partition coefficient (Wildman–Crippen LogP) is 3.11. The van der Waals surface area contributed by atoms with Gasteiger partial charge in [-0.1, -0.05) is 32.0 Å². The van der Waals surface area contributed by atoms with Crippen molar-refractivity contribution in [1.29, 1.82) is 0 Å². The molecule has 0 radical (unpaired) electrons. The van der Waals surface area contributed by atoms with E-state index < -0.39 is 5.54 Å². The number of nitrogens with one attached hydrogen (secondary N) is 1. The fraction of sp³-hybridized carbons (Fsp3) is 0.562. The molecule has 0 aliphatic heterocycles. The lowest BCUT2D eigenvalue weighted by Crippen LogP contribution is -2.54. The van der Waals surface area contributed by atoms with Crippen molar-refractivity contribution in [2.75, 3.05) is 6.54 Å². The highest BCUT2D eigenvalue weighted by Gasteiger charge is 2.32. The molecule has 1 aromatic rings. The molecule has 20 heavy (non-hydrogen) atoms. The molecule has 0 saturated carbocycles. The lowest BCUT2D eigenvalue weighted by Gasteiger charge is -2.30. The molecule has 0 heterocycles. The van der Waals surface area contributed by atoms with Crippen LogP contribution in [0.25, 0.3) is 0 Å². The van der Waals surface area contributed by atoms with Crippen molar-refractivity contribution in [3.05, 3.63) is 29.8 Å². The number of rotatable bonds is 8. The van der Waals surface area contributed by atoms with Gasteiger partial charge in [0, 0.05) is 10.1 Å². The van der Waals surface area contributed by atoms with Crippen LogP contribution in [-0.2, 0) is 4.79 Å². The molecule has 1 amide bonds. The Bertz CT molecular complexity index is 450. The SMILES string of the molecule is CCCNC(C)(CC(C)Sc1ccccc1C)C(N)=O. The van der Waals surface area contributed by atoms with Gasteiger partial charge in [-0.25, -0.2) is 0 Å². The normalized spacial score (nSPS) is 15.6. The number of carbonyl (C=O) groups excluding carboxylic acids is 1. The van der Waals surface area contributed by atoms with Crippen LogP contribution in [0, 0.1) is 6.92 Å². The van der Waals surface area contributed by atoms with Crippen molar-refractivity contribution >= 4 is 17.7 Å². The molecule has 1 rings (SSSR count). The van der Waals surface area contributed by atoms with E-state index in [1.54, 1.807) is 11.8 Å². The summed E-state index contributed by atoms with van der Waals surface area (Å²) < 4.78 is 0. The summed E-state index contributed by atoms with van der Waals surface area (Å²) in [5.74, 6) is -0.275. The van der Waals surface area contributed by atoms with Gasteiger partial charge in [-0.05, 0) is 44.9 Å². The molecule has 0 spiro atoms. The maximum atomic E-state index is 11.7. The highest BCUT2D eigenvalue weighted by atomic mass is 32.2. The van der Waals surface area contributed by atoms with Crippen molar-refractivity contribution in [3.8, 4) is 0 Å². The molecule has 4 heteroatoms. The first-order chi connectivity index (χ1) is 9.39. The molecular weight excluding hydrogens is 268 g/mol. The fourth-order valence-corrected chi connectivity index (χ4v) is 3.44. The maximum Gasteiger partial charge on any atom is 0.237 e. The molecule has 1 aromatic carbocycles. The van der Waals surface area contributed by atoms with Gasteiger partial charge in [-0.15, -0.1) is 11.8 Å². The molecule has 112 valence electrons. The number of thioether (sulfide) groups is 1. The summed E-state index contributed by atoms with van der Waals surface area (Å²) in [4.78, 5) is 13.0. The molecule has 2 atom stereocenters. The topological polar surface area (TPSA) is 55.1 Å². The minimum Gasteiger partial charge on any atom is -0.368 e. The van der Waals surface area contributed by atoms with Crippen LogP contribution < -0.4 is 11.1 Å². The summed E-state index contributed by atoms with van der Waals surface area (Å²) in [6.07, 6.45) is 1.71. The zero-order valence-corrected chi connectivity index (χ0v) is 13.7. The number of carbonyl (C=O) groups is 1. The van der Waals surface area contributed by atoms with Crippen molar-refractivity contribution in [3.63, 3.8) is 0 Å². The predicted molar refractivity (Wildman–Crippen MR) is 87.0 cm³/mol. The van der Waals surface area contributed by atoms with Gasteiger partial charge in [-0.2, -0.15) is 0 Å². The van der Waals surface area contributed by atoms with Gasteiger partial charge in [0.15, 0.2) is 0 Å². The van der Waals surface area contributed by atoms with E-state index >= 15 is 0 Å². The van der Waals surface area contributed by atoms with Crippen LogP contribution >= 0.6 is 11.8 Å². The Morgan fingerprint density at radius 1 is 1.45 bits per heavy atom. The third-order valence-electron chi connectivity index (χ3n) is 3.43. The monoisotopic (exact) mass is 294 g/mol. The van der Waals surface area contributed by atoms with Crippen LogP contribution in [0.3, 0.4) is 0 Å². The van der Waals surface area contributed by atoms with Crippen LogP contribution in [0.15, 0.2) is 29.2 Å². The van der Waals surface area contributed by atoms with Crippen molar-refractivity contribution in [2.24, 2.45) is 5.73 Å². The second kappa shape index (κ2) is 7.70. The van der Waals surface area contributed by atoms with Gasteiger partial charge in [0.1, 0.15) is 0 Å². The number of primary amides is 1. The summed E-state index contributed by atoms with van der Waals surface area (Å²) in [5, 5.41) is 3.61. The average Bonchev–Trinajstić information content (AvgIpc) is 2.39. The third kappa shape index (κ3) is 4.84. The minimum atomic E-state index is -0.634. The summed E-state index contributed by atoms with van der Waals surface area (Å²) in [5.41, 5.74) is 6.21. The average molecular weight is 294 g/mol. The van der Waals surface area contributed by atoms with Crippen LogP contribution in [0.2, 0.25) is 0 Å². The van der Waals surface area contributed by atoms with Crippen molar-refractivity contribution in [1.82, 2.24) is 5.32 Å². The van der Waals surface area contributed by atoms with E-state index in [4.69, 9.17) is 5.73 Å². The fourth-order valence-electron chi connectivity index (χ4n) is 2.18. The first-order valence-corrected chi connectivity index (χ1v) is 8.04. The summed E-state index contributed by atoms with van der Waals surface area (Å²) in [6, 6.07) is 8.32. The smallest absolute Gasteiger partial charge is 0.237 e. The molecule has 0 aliphatic carbocycles. The van der Waals surface area contributed by atoms with Crippen LogP contribution in [-0.4, -0.2) is 23.2 Å². The van der Waals surface area contributed by atoms with Crippen LogP contribution in [0.5, 0.6) is 0 Å². The van der Waals surface area contributed by atoms with Crippen molar-refractivity contribution < 1.29 is 4.79 Å². The summed E-state index contributed by atoms with van der Waals surface area (Å²) in [7, 11) is 0. The first-order valence-electron chi connectivity index (χ1n) is 7.16. The van der Waals surface area contributed by atoms with E-state index in [0.29, 0.717) is 5.25 Å². The number of benzene rings is 1. The number of aryl methyl sites for hydroxylation is 1. The molecule has 0 saturated heterocycles. The van der Waals surface area contributed by atoms with Gasteiger partial charge in [-0.3, -0.25) is 4.79 Å². The molecule has 2 unspecified atom stereocenters. The second-order valence-electron chi connectivity index (χ2n) is 5.52. The number of hydrogen-bond acceptors (Lipinski definition) is 3. The van der Waals surface area contributed by atoms with E-state index in [-0.39, 0.29) is 5.91 Å². The van der Waals surface area contributed by atoms with E-state index in [2.05, 4.69) is 38.2 Å². The van der Waals surface area contributed by atoms with Gasteiger partial charge >= 0.3 is 0 Å². The summed E-state index contributed by atoms with van der Waals surface area (Å²) >= 11 is 1.80. The van der Waals surface area contributed by atoms with Gasteiger partial charge in [0.05, 0.1) is 5.54 Å². The Morgan fingerprint density at radius 3 is 2.65 bits per heavy atom. The quantitative estimate of drug-likeness (QED) is 0.724. The Labute approximate surface area is 126 Å². The standard InChI is InChI=1S/C16H26N2OS/c1-5-10-18-16(4,15(17)19)11-13(3)20-14-9-7-6-8-12(14)2/h6-9,13,18H,5,10-11H2,1-4H3,(H2,17,19). The lowest BCUT2D eigenvalue weighted by atomic mass is 9.95. The molecule has 3 N–H and O–H groups in total. The molecule has 0 bridgehead atoms. The third-order valence-corrected chi connectivity index (χ3v) is 4.71. The molecule has 3 nitrogen and oxygen atoms in total. The second-order valence-corrected chi connectivity index (χ2v) is 7.00. The highest BCUT2D eigenvalue weighted by molar-refractivity contribution is 8.00. The Balaban J connectivity index is 2.69. The van der Waals surface area contributed by atoms with Gasteiger partial charge in [0.25, 0.3) is 0 Å². The lowest BCUT2D eigenvalue weighted by molar-refractivity contribution is -0.124. The van der Waals surface area contributed by atoms with E-state index in [1.165, 1.54) is 10.5 Å². The van der Waals surface area contributed by atoms with Crippen LogP contribution in [0.1, 0.15) is 39.2 Å². The Hall–Kier alpha value is -1.00. The highest BCUT2D eigenvalue weighted by Crippen LogP contribution is 2.30. The summed E-state index contributed by atoms with van der Waals surface area (Å²) in [6.45, 7) is 9.05. The Kier molecular flexibility index (Phi) is 6.56. The molecule has 0 aromatic heterocycles. The van der Waals surface area contributed by atoms with Gasteiger partial charge in [0.2, 0.25) is 5.91 Å². The van der Waals surface area contributed by atoms with Crippen LogP contribution in [0.4, 0.5) is 0 Å². The number of nitrogens with two attached hydrogens (primary N) is 1. The maximum absolute atomic E-state index is 11.7. The van der Waals surface area contributed by atoms with E-state index in [9.17, 15) is 4.79 Å². The molecule has 0 fully saturated rings. The zero-order chi connectivity index (χ0) is 15.2. The number of amides is 1. The minimum absolute atomic E-state index is 0.275. The largest absolute Gasteiger partial charge is 0.368 e. The van der Waals surface area contributed by atoms with Crippen molar-refractivity contribution in [2.45, 2.75) is 56.2 Å². The van der Waals surface area contributed by atoms with Gasteiger partial charge < -0.3 is 11.1 Å². The molecule has 0 aliphatic rings. The Morgan fingerprint density at radius 2 is 2.10 bits per heavy atom. The molecular formula is C16H26N2OS. The zero-order valence-electron chi connectivity index (χ0n) is 12.9. The number of hydrogen-bond donors (Lipinski definition) is 2. The van der Waals surface area contributed by atoms with E-state index in [0.717, 1.165) is 19.4 Å². The first kappa shape index (κ1) is 17.1. The van der Waals surface area contributed by atoms with E-state index in [1.807, 2.05) is 19.1 Å².